The van der Waals surface area contributed by atoms with Crippen molar-refractivity contribution in [3.05, 3.63) is 24.3 Å². The second-order valence-corrected chi connectivity index (χ2v) is 15.1. The third-order valence-electron chi connectivity index (χ3n) is 8.58. The van der Waals surface area contributed by atoms with Crippen LogP contribution in [-0.2, 0) is 32.7 Å². The minimum atomic E-state index is -4.61. The quantitative estimate of drug-likeness (QED) is 0.0241. The number of aliphatic hydroxyl groups is 2. The van der Waals surface area contributed by atoms with Gasteiger partial charge in [-0.2, -0.15) is 0 Å². The average Bonchev–Trinajstić information content (AvgIpc) is 3.12. The number of carbonyl (C=O) groups is 2. The van der Waals surface area contributed by atoms with Crippen LogP contribution in [0.3, 0.4) is 0 Å². The van der Waals surface area contributed by atoms with E-state index >= 15 is 0 Å². The Morgan fingerprint density at radius 3 is 1.43 bits per heavy atom. The molecule has 0 radical (unpaired) electrons. The van der Waals surface area contributed by atoms with Gasteiger partial charge in [-0.1, -0.05) is 128 Å². The molecule has 3 N–H and O–H groups in total. The van der Waals surface area contributed by atoms with Gasteiger partial charge in [0.25, 0.3) is 0 Å². The van der Waals surface area contributed by atoms with Crippen molar-refractivity contribution in [3.8, 4) is 0 Å². The zero-order chi connectivity index (χ0) is 37.7. The van der Waals surface area contributed by atoms with E-state index in [9.17, 15) is 24.2 Å². The van der Waals surface area contributed by atoms with Crippen LogP contribution in [0.2, 0.25) is 0 Å². The zero-order valence-corrected chi connectivity index (χ0v) is 33.2. The van der Waals surface area contributed by atoms with Gasteiger partial charge in [0.2, 0.25) is 0 Å². The van der Waals surface area contributed by atoms with Gasteiger partial charge in [0.1, 0.15) is 12.7 Å². The molecule has 0 aliphatic heterocycles. The standard InChI is InChI=1S/C40H75O10P/c1-3-5-7-9-11-13-15-17-18-20-21-23-25-27-29-31-39(43)47-35-38(36-49-51(45,46)48-34-37(42)33-41)50-40(44)32-30-28-26-24-22-19-16-14-12-10-8-6-4-2/h14,16-18,37-38,41-42H,3-13,15,19-36H2,1-2H3,(H,45,46)/b16-14+,18-17+/t37-,38+/m0/s1. The lowest BCUT2D eigenvalue weighted by molar-refractivity contribution is -0.161. The molecule has 0 fully saturated rings. The van der Waals surface area contributed by atoms with Gasteiger partial charge in [-0.3, -0.25) is 18.6 Å². The maximum absolute atomic E-state index is 12.6. The molecule has 3 atom stereocenters. The Morgan fingerprint density at radius 1 is 0.569 bits per heavy atom. The lowest BCUT2D eigenvalue weighted by Crippen LogP contribution is -2.29. The molecule has 10 nitrogen and oxygen atoms in total. The molecule has 51 heavy (non-hydrogen) atoms. The molecule has 0 bridgehead atoms. The summed E-state index contributed by atoms with van der Waals surface area (Å²) in [5.41, 5.74) is 0. The van der Waals surface area contributed by atoms with Crippen molar-refractivity contribution in [1.82, 2.24) is 0 Å². The first-order valence-corrected chi connectivity index (χ1v) is 21.8. The molecule has 0 aromatic rings. The summed E-state index contributed by atoms with van der Waals surface area (Å²) in [5.74, 6) is -0.943. The summed E-state index contributed by atoms with van der Waals surface area (Å²) < 4.78 is 32.6. The molecule has 300 valence electrons. The van der Waals surface area contributed by atoms with Crippen LogP contribution >= 0.6 is 7.82 Å². The predicted molar refractivity (Wildman–Crippen MR) is 205 cm³/mol. The molecule has 0 spiro atoms. The molecule has 0 aromatic carbocycles. The van der Waals surface area contributed by atoms with E-state index in [4.69, 9.17) is 19.1 Å². The van der Waals surface area contributed by atoms with Crippen LogP contribution in [0.25, 0.3) is 0 Å². The largest absolute Gasteiger partial charge is 0.472 e. The normalized spacial score (nSPS) is 14.2. The molecule has 0 saturated carbocycles. The van der Waals surface area contributed by atoms with E-state index in [0.717, 1.165) is 70.6 Å². The fourth-order valence-corrected chi connectivity index (χ4v) is 6.18. The van der Waals surface area contributed by atoms with Crippen LogP contribution in [0.5, 0.6) is 0 Å². The van der Waals surface area contributed by atoms with Gasteiger partial charge in [0.15, 0.2) is 6.10 Å². The SMILES string of the molecule is CCCCCC/C=C/CCCCCCCC(=O)O[C@H](COC(=O)CCCCCCC/C=C/CCCCCCCC)COP(=O)(O)OC[C@@H](O)CO. The molecule has 0 amide bonds. The van der Waals surface area contributed by atoms with E-state index in [1.54, 1.807) is 0 Å². The predicted octanol–water partition coefficient (Wildman–Crippen LogP) is 10.2. The van der Waals surface area contributed by atoms with E-state index in [-0.39, 0.29) is 19.4 Å². The van der Waals surface area contributed by atoms with Crippen LogP contribution in [-0.4, -0.2) is 65.7 Å². The molecular formula is C40H75O10P. The minimum Gasteiger partial charge on any atom is -0.462 e. The number of hydrogen-bond donors (Lipinski definition) is 3. The Labute approximate surface area is 310 Å². The average molecular weight is 747 g/mol. The van der Waals surface area contributed by atoms with E-state index in [1.807, 2.05) is 0 Å². The van der Waals surface area contributed by atoms with E-state index in [1.165, 1.54) is 70.6 Å². The van der Waals surface area contributed by atoms with Gasteiger partial charge in [-0.25, -0.2) is 4.57 Å². The number of unbranched alkanes of at least 4 members (excludes halogenated alkanes) is 20. The highest BCUT2D eigenvalue weighted by atomic mass is 31.2. The van der Waals surface area contributed by atoms with Gasteiger partial charge < -0.3 is 24.6 Å². The van der Waals surface area contributed by atoms with Crippen molar-refractivity contribution in [3.63, 3.8) is 0 Å². The number of carbonyl (C=O) groups excluding carboxylic acids is 2. The Balaban J connectivity index is 4.35. The second kappa shape index (κ2) is 36.8. The molecule has 0 aliphatic carbocycles. The minimum absolute atomic E-state index is 0.174. The third-order valence-corrected chi connectivity index (χ3v) is 9.53. The van der Waals surface area contributed by atoms with Crippen molar-refractivity contribution < 1.29 is 47.8 Å². The maximum atomic E-state index is 12.6. The van der Waals surface area contributed by atoms with Crippen molar-refractivity contribution >= 4 is 19.8 Å². The van der Waals surface area contributed by atoms with Gasteiger partial charge in [0, 0.05) is 12.8 Å². The highest BCUT2D eigenvalue weighted by molar-refractivity contribution is 7.47. The number of aliphatic hydroxyl groups excluding tert-OH is 2. The summed E-state index contributed by atoms with van der Waals surface area (Å²) in [7, 11) is -4.61. The molecule has 0 saturated heterocycles. The second-order valence-electron chi connectivity index (χ2n) is 13.7. The van der Waals surface area contributed by atoms with E-state index in [0.29, 0.717) is 12.8 Å². The molecule has 0 aromatic heterocycles. The first kappa shape index (κ1) is 49.5. The smallest absolute Gasteiger partial charge is 0.462 e. The summed E-state index contributed by atoms with van der Waals surface area (Å²) in [6, 6.07) is 0. The highest BCUT2D eigenvalue weighted by Gasteiger charge is 2.27. The van der Waals surface area contributed by atoms with E-state index in [2.05, 4.69) is 42.7 Å². The summed E-state index contributed by atoms with van der Waals surface area (Å²) in [5, 5.41) is 18.3. The lowest BCUT2D eigenvalue weighted by atomic mass is 10.1. The van der Waals surface area contributed by atoms with Crippen molar-refractivity contribution in [2.75, 3.05) is 26.4 Å². The van der Waals surface area contributed by atoms with Crippen LogP contribution in [0, 0.1) is 0 Å². The monoisotopic (exact) mass is 747 g/mol. The van der Waals surface area contributed by atoms with Crippen molar-refractivity contribution in [2.24, 2.45) is 0 Å². The molecule has 11 heteroatoms. The number of rotatable bonds is 38. The van der Waals surface area contributed by atoms with Gasteiger partial charge in [-0.05, 0) is 64.2 Å². The molecule has 0 aliphatic rings. The highest BCUT2D eigenvalue weighted by Crippen LogP contribution is 2.43. The summed E-state index contributed by atoms with van der Waals surface area (Å²) in [4.78, 5) is 34.9. The number of phosphoric ester groups is 1. The zero-order valence-electron chi connectivity index (χ0n) is 32.3. The third kappa shape index (κ3) is 36.6. The van der Waals surface area contributed by atoms with Gasteiger partial charge >= 0.3 is 19.8 Å². The van der Waals surface area contributed by atoms with Crippen LogP contribution in [0.1, 0.15) is 181 Å². The topological polar surface area (TPSA) is 149 Å². The summed E-state index contributed by atoms with van der Waals surface area (Å²) in [6.45, 7) is 2.34. The van der Waals surface area contributed by atoms with Crippen molar-refractivity contribution in [1.29, 1.82) is 0 Å². The van der Waals surface area contributed by atoms with Gasteiger partial charge in [0.05, 0.1) is 19.8 Å². The van der Waals surface area contributed by atoms with Crippen LogP contribution in [0.15, 0.2) is 24.3 Å². The molecule has 0 rings (SSSR count). The molecular weight excluding hydrogens is 671 g/mol. The molecule has 1 unspecified atom stereocenters. The fourth-order valence-electron chi connectivity index (χ4n) is 5.39. The van der Waals surface area contributed by atoms with Crippen LogP contribution in [0.4, 0.5) is 0 Å². The summed E-state index contributed by atoms with van der Waals surface area (Å²) in [6.07, 6.45) is 34.3. The number of allylic oxidation sites excluding steroid dienone is 4. The Hall–Kier alpha value is -1.55. The Bertz CT molecular complexity index is 910. The Morgan fingerprint density at radius 2 is 0.961 bits per heavy atom. The first-order valence-electron chi connectivity index (χ1n) is 20.3. The number of ether oxygens (including phenoxy) is 2. The maximum Gasteiger partial charge on any atom is 0.472 e. The van der Waals surface area contributed by atoms with Crippen LogP contribution < -0.4 is 0 Å². The van der Waals surface area contributed by atoms with Gasteiger partial charge in [-0.15, -0.1) is 0 Å². The number of hydrogen-bond acceptors (Lipinski definition) is 9. The first-order chi connectivity index (χ1) is 24.7. The summed E-state index contributed by atoms with van der Waals surface area (Å²) >= 11 is 0. The number of phosphoric acid groups is 1. The van der Waals surface area contributed by atoms with E-state index < -0.39 is 51.8 Å². The molecule has 0 heterocycles. The lowest BCUT2D eigenvalue weighted by Gasteiger charge is -2.20. The Kier molecular flexibility index (Phi) is 35.7. The van der Waals surface area contributed by atoms with Crippen molar-refractivity contribution in [2.45, 2.75) is 193 Å². The fraction of sp³-hybridized carbons (Fsp3) is 0.850. The number of esters is 2.